The Kier molecular flexibility index (Phi) is 3.07. The largest absolute Gasteiger partial charge is 0.375 e. The minimum absolute atomic E-state index is 0.224. The molecule has 2 heterocycles. The molecule has 1 saturated heterocycles. The summed E-state index contributed by atoms with van der Waals surface area (Å²) in [5.74, 6) is 0.881. The molecule has 1 atom stereocenters. The molecule has 1 unspecified atom stereocenters. The summed E-state index contributed by atoms with van der Waals surface area (Å²) in [6, 6.07) is 5.80. The highest BCUT2D eigenvalue weighted by Gasteiger charge is 2.18. The predicted molar refractivity (Wildman–Crippen MR) is 61.3 cm³/mol. The molecule has 2 rings (SSSR count). The number of aryl methyl sites for hydroxylation is 1. The second-order valence-electron chi connectivity index (χ2n) is 4.09. The SMILES string of the molecule is Cc1cc(C#N)cc(N2CCOC(C)C2)n1. The molecule has 0 saturated carbocycles. The molecule has 1 fully saturated rings. The Bertz CT molecular complexity index is 425. The molecule has 1 aromatic rings. The average Bonchev–Trinajstić information content (AvgIpc) is 2.28. The Labute approximate surface area is 95.5 Å². The molecular weight excluding hydrogens is 202 g/mol. The van der Waals surface area contributed by atoms with Crippen LogP contribution >= 0.6 is 0 Å². The van der Waals surface area contributed by atoms with E-state index in [-0.39, 0.29) is 6.10 Å². The van der Waals surface area contributed by atoms with Gasteiger partial charge in [-0.15, -0.1) is 0 Å². The first-order valence-electron chi connectivity index (χ1n) is 5.44. The first kappa shape index (κ1) is 10.9. The van der Waals surface area contributed by atoms with Crippen molar-refractivity contribution in [1.29, 1.82) is 5.26 Å². The Balaban J connectivity index is 2.26. The van der Waals surface area contributed by atoms with Crippen molar-refractivity contribution >= 4 is 5.82 Å². The van der Waals surface area contributed by atoms with Gasteiger partial charge < -0.3 is 9.64 Å². The van der Waals surface area contributed by atoms with E-state index >= 15 is 0 Å². The maximum Gasteiger partial charge on any atom is 0.130 e. The fourth-order valence-corrected chi connectivity index (χ4v) is 1.90. The molecule has 0 N–H and O–H groups in total. The minimum atomic E-state index is 0.224. The maximum absolute atomic E-state index is 8.92. The lowest BCUT2D eigenvalue weighted by Gasteiger charge is -2.32. The molecule has 16 heavy (non-hydrogen) atoms. The smallest absolute Gasteiger partial charge is 0.130 e. The zero-order valence-electron chi connectivity index (χ0n) is 9.60. The lowest BCUT2D eigenvalue weighted by molar-refractivity contribution is 0.0529. The van der Waals surface area contributed by atoms with Gasteiger partial charge in [0.2, 0.25) is 0 Å². The first-order chi connectivity index (χ1) is 7.69. The number of pyridine rings is 1. The van der Waals surface area contributed by atoms with Crippen molar-refractivity contribution in [2.45, 2.75) is 20.0 Å². The Hall–Kier alpha value is -1.60. The number of rotatable bonds is 1. The van der Waals surface area contributed by atoms with Gasteiger partial charge in [-0.3, -0.25) is 0 Å². The van der Waals surface area contributed by atoms with Crippen LogP contribution in [-0.4, -0.2) is 30.8 Å². The van der Waals surface area contributed by atoms with Crippen LogP contribution in [0.3, 0.4) is 0 Å². The molecule has 1 aromatic heterocycles. The van der Waals surface area contributed by atoms with Crippen molar-refractivity contribution in [3.8, 4) is 6.07 Å². The van der Waals surface area contributed by atoms with Crippen LogP contribution < -0.4 is 4.90 Å². The van der Waals surface area contributed by atoms with Gasteiger partial charge in [0.25, 0.3) is 0 Å². The molecule has 84 valence electrons. The molecule has 0 spiro atoms. The number of hydrogen-bond donors (Lipinski definition) is 0. The number of ether oxygens (including phenoxy) is 1. The van der Waals surface area contributed by atoms with E-state index in [1.54, 1.807) is 6.07 Å². The second-order valence-corrected chi connectivity index (χ2v) is 4.09. The predicted octanol–water partition coefficient (Wildman–Crippen LogP) is 1.49. The molecule has 0 aliphatic carbocycles. The standard InChI is InChI=1S/C12H15N3O/c1-9-5-11(7-13)6-12(14-9)15-3-4-16-10(2)8-15/h5-6,10H,3-4,8H2,1-2H3. The zero-order chi connectivity index (χ0) is 11.5. The van der Waals surface area contributed by atoms with E-state index in [9.17, 15) is 0 Å². The van der Waals surface area contributed by atoms with E-state index in [1.165, 1.54) is 0 Å². The molecule has 4 nitrogen and oxygen atoms in total. The van der Waals surface area contributed by atoms with Gasteiger partial charge in [0.05, 0.1) is 24.3 Å². The van der Waals surface area contributed by atoms with Crippen LogP contribution in [0.4, 0.5) is 5.82 Å². The number of nitrogens with zero attached hydrogens (tertiary/aromatic N) is 3. The normalized spacial score (nSPS) is 20.6. The van der Waals surface area contributed by atoms with E-state index in [0.717, 1.165) is 31.2 Å². The van der Waals surface area contributed by atoms with E-state index in [2.05, 4.69) is 16.0 Å². The highest BCUT2D eigenvalue weighted by atomic mass is 16.5. The molecule has 0 radical (unpaired) electrons. The van der Waals surface area contributed by atoms with Gasteiger partial charge in [0, 0.05) is 18.8 Å². The molecular formula is C12H15N3O. The van der Waals surface area contributed by atoms with E-state index < -0.39 is 0 Å². The third kappa shape index (κ3) is 2.31. The van der Waals surface area contributed by atoms with Gasteiger partial charge in [0.1, 0.15) is 5.82 Å². The van der Waals surface area contributed by atoms with Crippen molar-refractivity contribution in [3.05, 3.63) is 23.4 Å². The maximum atomic E-state index is 8.92. The minimum Gasteiger partial charge on any atom is -0.375 e. The lowest BCUT2D eigenvalue weighted by Crippen LogP contribution is -2.41. The summed E-state index contributed by atoms with van der Waals surface area (Å²) in [6.07, 6.45) is 0.224. The zero-order valence-corrected chi connectivity index (χ0v) is 9.60. The average molecular weight is 217 g/mol. The number of aromatic nitrogens is 1. The number of hydrogen-bond acceptors (Lipinski definition) is 4. The van der Waals surface area contributed by atoms with Crippen molar-refractivity contribution in [2.24, 2.45) is 0 Å². The fraction of sp³-hybridized carbons (Fsp3) is 0.500. The van der Waals surface area contributed by atoms with E-state index in [0.29, 0.717) is 5.56 Å². The van der Waals surface area contributed by atoms with Crippen molar-refractivity contribution < 1.29 is 4.74 Å². The lowest BCUT2D eigenvalue weighted by atomic mass is 10.2. The monoisotopic (exact) mass is 217 g/mol. The highest BCUT2D eigenvalue weighted by Crippen LogP contribution is 2.17. The van der Waals surface area contributed by atoms with Crippen LogP contribution in [0.1, 0.15) is 18.2 Å². The number of anilines is 1. The quantitative estimate of drug-likeness (QED) is 0.715. The summed E-state index contributed by atoms with van der Waals surface area (Å²) in [4.78, 5) is 6.63. The van der Waals surface area contributed by atoms with E-state index in [1.807, 2.05) is 19.9 Å². The van der Waals surface area contributed by atoms with Crippen LogP contribution in [0.2, 0.25) is 0 Å². The van der Waals surface area contributed by atoms with Crippen molar-refractivity contribution in [3.63, 3.8) is 0 Å². The molecule has 4 heteroatoms. The summed E-state index contributed by atoms with van der Waals surface area (Å²) in [5.41, 5.74) is 1.55. The Morgan fingerprint density at radius 2 is 2.38 bits per heavy atom. The Morgan fingerprint density at radius 1 is 1.56 bits per heavy atom. The van der Waals surface area contributed by atoms with Gasteiger partial charge >= 0.3 is 0 Å². The van der Waals surface area contributed by atoms with E-state index in [4.69, 9.17) is 10.00 Å². The number of morpholine rings is 1. The fourth-order valence-electron chi connectivity index (χ4n) is 1.90. The van der Waals surface area contributed by atoms with Crippen LogP contribution in [-0.2, 0) is 4.74 Å². The Morgan fingerprint density at radius 3 is 3.06 bits per heavy atom. The summed E-state index contributed by atoms with van der Waals surface area (Å²) >= 11 is 0. The second kappa shape index (κ2) is 4.50. The third-order valence-electron chi connectivity index (χ3n) is 2.63. The molecule has 0 bridgehead atoms. The summed E-state index contributed by atoms with van der Waals surface area (Å²) in [7, 11) is 0. The van der Waals surface area contributed by atoms with Crippen LogP contribution in [0.25, 0.3) is 0 Å². The third-order valence-corrected chi connectivity index (χ3v) is 2.63. The van der Waals surface area contributed by atoms with Crippen LogP contribution in [0.5, 0.6) is 0 Å². The van der Waals surface area contributed by atoms with Gasteiger partial charge in [0.15, 0.2) is 0 Å². The topological polar surface area (TPSA) is 49.2 Å². The van der Waals surface area contributed by atoms with Gasteiger partial charge in [-0.05, 0) is 26.0 Å². The molecule has 1 aliphatic heterocycles. The van der Waals surface area contributed by atoms with Gasteiger partial charge in [-0.2, -0.15) is 5.26 Å². The van der Waals surface area contributed by atoms with Gasteiger partial charge in [-0.25, -0.2) is 4.98 Å². The van der Waals surface area contributed by atoms with Crippen molar-refractivity contribution in [1.82, 2.24) is 4.98 Å². The van der Waals surface area contributed by atoms with Crippen LogP contribution in [0.15, 0.2) is 12.1 Å². The molecule has 0 aromatic carbocycles. The molecule has 0 amide bonds. The molecule has 1 aliphatic rings. The summed E-state index contributed by atoms with van der Waals surface area (Å²) in [5, 5.41) is 8.92. The first-order valence-corrected chi connectivity index (χ1v) is 5.44. The summed E-state index contributed by atoms with van der Waals surface area (Å²) in [6.45, 7) is 6.35. The number of nitriles is 1. The summed E-state index contributed by atoms with van der Waals surface area (Å²) < 4.78 is 5.48. The van der Waals surface area contributed by atoms with Gasteiger partial charge in [-0.1, -0.05) is 0 Å². The van der Waals surface area contributed by atoms with Crippen molar-refractivity contribution in [2.75, 3.05) is 24.6 Å². The highest BCUT2D eigenvalue weighted by molar-refractivity contribution is 5.46. The van der Waals surface area contributed by atoms with Crippen LogP contribution in [0, 0.1) is 18.3 Å².